The summed E-state index contributed by atoms with van der Waals surface area (Å²) in [7, 11) is 1.51. The van der Waals surface area contributed by atoms with Gasteiger partial charge in [-0.3, -0.25) is 4.79 Å². The highest BCUT2D eigenvalue weighted by atomic mass is 16.5. The van der Waals surface area contributed by atoms with Crippen LogP contribution in [0.5, 0.6) is 5.75 Å². The average molecular weight is 321 g/mol. The Labute approximate surface area is 135 Å². The molecule has 0 bridgehead atoms. The number of urea groups is 1. The normalized spacial score (nSPS) is 20.8. The number of nitrogens with zero attached hydrogens (tertiary/aromatic N) is 1. The number of methoxy groups -OCH3 is 1. The number of benzene rings is 1. The third-order valence-electron chi connectivity index (χ3n) is 3.47. The fourth-order valence-electron chi connectivity index (χ4n) is 2.61. The highest BCUT2D eigenvalue weighted by Gasteiger charge is 2.26. The number of morpholine rings is 1. The van der Waals surface area contributed by atoms with Crippen molar-refractivity contribution in [3.8, 4) is 5.75 Å². The van der Waals surface area contributed by atoms with Gasteiger partial charge in [0.1, 0.15) is 5.75 Å². The molecule has 1 aliphatic heterocycles. The molecule has 7 nitrogen and oxygen atoms in total. The molecule has 1 saturated heterocycles. The van der Waals surface area contributed by atoms with Gasteiger partial charge in [-0.1, -0.05) is 0 Å². The molecule has 0 aliphatic carbocycles. The van der Waals surface area contributed by atoms with Crippen LogP contribution in [0.25, 0.3) is 0 Å². The van der Waals surface area contributed by atoms with Gasteiger partial charge in [0, 0.05) is 31.8 Å². The zero-order chi connectivity index (χ0) is 17.0. The Bertz CT molecular complexity index is 581. The fraction of sp³-hybridized carbons (Fsp3) is 0.500. The molecule has 0 radical (unpaired) electrons. The number of hydrogen-bond acceptors (Lipinski definition) is 4. The number of amides is 3. The zero-order valence-electron chi connectivity index (χ0n) is 13.9. The maximum Gasteiger partial charge on any atom is 0.322 e. The van der Waals surface area contributed by atoms with E-state index in [1.165, 1.54) is 14.0 Å². The van der Waals surface area contributed by atoms with Crippen LogP contribution in [0, 0.1) is 0 Å². The molecule has 0 spiro atoms. The van der Waals surface area contributed by atoms with E-state index >= 15 is 0 Å². The Morgan fingerprint density at radius 1 is 1.22 bits per heavy atom. The molecular formula is C16H23N3O4. The Morgan fingerprint density at radius 2 is 1.87 bits per heavy atom. The summed E-state index contributed by atoms with van der Waals surface area (Å²) in [6.07, 6.45) is 0.0300. The van der Waals surface area contributed by atoms with E-state index in [-0.39, 0.29) is 24.1 Å². The monoisotopic (exact) mass is 321 g/mol. The van der Waals surface area contributed by atoms with Crippen LogP contribution < -0.4 is 15.4 Å². The van der Waals surface area contributed by atoms with Gasteiger partial charge in [-0.05, 0) is 26.0 Å². The number of rotatable bonds is 3. The van der Waals surface area contributed by atoms with Crippen LogP contribution in [-0.4, -0.2) is 49.2 Å². The van der Waals surface area contributed by atoms with Gasteiger partial charge in [-0.25, -0.2) is 4.79 Å². The maximum atomic E-state index is 12.4. The molecule has 0 unspecified atom stereocenters. The topological polar surface area (TPSA) is 79.9 Å². The molecule has 23 heavy (non-hydrogen) atoms. The van der Waals surface area contributed by atoms with Crippen LogP contribution in [-0.2, 0) is 9.53 Å². The Hall–Kier alpha value is -2.28. The van der Waals surface area contributed by atoms with E-state index in [2.05, 4.69) is 10.6 Å². The van der Waals surface area contributed by atoms with Crippen LogP contribution >= 0.6 is 0 Å². The van der Waals surface area contributed by atoms with Crippen molar-refractivity contribution in [2.24, 2.45) is 0 Å². The van der Waals surface area contributed by atoms with Crippen molar-refractivity contribution in [1.29, 1.82) is 0 Å². The fourth-order valence-corrected chi connectivity index (χ4v) is 2.61. The second-order valence-corrected chi connectivity index (χ2v) is 5.69. The van der Waals surface area contributed by atoms with Crippen molar-refractivity contribution < 1.29 is 19.1 Å². The number of hydrogen-bond donors (Lipinski definition) is 2. The molecule has 1 aromatic carbocycles. The van der Waals surface area contributed by atoms with Gasteiger partial charge < -0.3 is 25.0 Å². The van der Waals surface area contributed by atoms with E-state index in [0.29, 0.717) is 30.2 Å². The van der Waals surface area contributed by atoms with E-state index < -0.39 is 0 Å². The molecule has 2 rings (SSSR count). The molecule has 1 aliphatic rings. The minimum absolute atomic E-state index is 0.0150. The smallest absolute Gasteiger partial charge is 0.322 e. The van der Waals surface area contributed by atoms with E-state index in [0.717, 1.165) is 0 Å². The molecule has 7 heteroatoms. The number of carbonyl (C=O) groups excluding carboxylic acids is 2. The summed E-state index contributed by atoms with van der Waals surface area (Å²) in [5.41, 5.74) is 1.17. The molecule has 1 fully saturated rings. The summed E-state index contributed by atoms with van der Waals surface area (Å²) >= 11 is 0. The number of nitrogens with one attached hydrogen (secondary N) is 2. The quantitative estimate of drug-likeness (QED) is 0.895. The van der Waals surface area contributed by atoms with E-state index in [9.17, 15) is 9.59 Å². The molecular weight excluding hydrogens is 298 g/mol. The lowest BCUT2D eigenvalue weighted by atomic mass is 10.2. The molecule has 3 amide bonds. The van der Waals surface area contributed by atoms with E-state index in [1.807, 2.05) is 13.8 Å². The molecule has 1 heterocycles. The lowest BCUT2D eigenvalue weighted by Gasteiger charge is -2.35. The zero-order valence-corrected chi connectivity index (χ0v) is 13.9. The summed E-state index contributed by atoms with van der Waals surface area (Å²) in [5, 5.41) is 5.52. The first-order chi connectivity index (χ1) is 10.9. The van der Waals surface area contributed by atoms with Gasteiger partial charge in [0.15, 0.2) is 0 Å². The summed E-state index contributed by atoms with van der Waals surface area (Å²) in [6.45, 7) is 6.42. The number of anilines is 2. The van der Waals surface area contributed by atoms with Crippen molar-refractivity contribution in [3.05, 3.63) is 18.2 Å². The van der Waals surface area contributed by atoms with Crippen LogP contribution in [0.2, 0.25) is 0 Å². The van der Waals surface area contributed by atoms with Gasteiger partial charge in [-0.2, -0.15) is 0 Å². The molecule has 2 atom stereocenters. The standard InChI is InChI=1S/C16H23N3O4/c1-10-8-19(9-11(2)23-10)16(21)18-13-5-6-14(17-12(3)20)15(7-13)22-4/h5-7,10-11H,8-9H2,1-4H3,(H,17,20)(H,18,21)/t10-,11-/m0/s1. The van der Waals surface area contributed by atoms with Crippen molar-refractivity contribution in [3.63, 3.8) is 0 Å². The Balaban J connectivity index is 2.07. The maximum absolute atomic E-state index is 12.4. The second-order valence-electron chi connectivity index (χ2n) is 5.69. The SMILES string of the molecule is COc1cc(NC(=O)N2C[C@H](C)O[C@@H](C)C2)ccc1NC(C)=O. The van der Waals surface area contributed by atoms with E-state index in [4.69, 9.17) is 9.47 Å². The molecule has 2 N–H and O–H groups in total. The Kier molecular flexibility index (Phi) is 5.44. The largest absolute Gasteiger partial charge is 0.494 e. The van der Waals surface area contributed by atoms with Crippen molar-refractivity contribution in [2.75, 3.05) is 30.8 Å². The predicted molar refractivity (Wildman–Crippen MR) is 87.9 cm³/mol. The lowest BCUT2D eigenvalue weighted by molar-refractivity contribution is -0.114. The summed E-state index contributed by atoms with van der Waals surface area (Å²) in [6, 6.07) is 4.91. The van der Waals surface area contributed by atoms with Gasteiger partial charge in [-0.15, -0.1) is 0 Å². The molecule has 0 aromatic heterocycles. The van der Waals surface area contributed by atoms with Gasteiger partial charge in [0.05, 0.1) is 25.0 Å². The third-order valence-corrected chi connectivity index (χ3v) is 3.47. The van der Waals surface area contributed by atoms with Gasteiger partial charge in [0.2, 0.25) is 5.91 Å². The first-order valence-corrected chi connectivity index (χ1v) is 7.56. The third kappa shape index (κ3) is 4.59. The average Bonchev–Trinajstić information content (AvgIpc) is 2.47. The number of carbonyl (C=O) groups is 2. The molecule has 0 saturated carbocycles. The van der Waals surface area contributed by atoms with Gasteiger partial charge in [0.25, 0.3) is 0 Å². The van der Waals surface area contributed by atoms with Crippen LogP contribution in [0.3, 0.4) is 0 Å². The van der Waals surface area contributed by atoms with E-state index in [1.54, 1.807) is 23.1 Å². The minimum Gasteiger partial charge on any atom is -0.494 e. The van der Waals surface area contributed by atoms with Crippen LogP contribution in [0.1, 0.15) is 20.8 Å². The number of ether oxygens (including phenoxy) is 2. The molecule has 1 aromatic rings. The first kappa shape index (κ1) is 17.1. The summed E-state index contributed by atoms with van der Waals surface area (Å²) < 4.78 is 10.9. The van der Waals surface area contributed by atoms with Crippen molar-refractivity contribution in [2.45, 2.75) is 33.0 Å². The lowest BCUT2D eigenvalue weighted by Crippen LogP contribution is -2.49. The first-order valence-electron chi connectivity index (χ1n) is 7.56. The van der Waals surface area contributed by atoms with Crippen molar-refractivity contribution >= 4 is 23.3 Å². The van der Waals surface area contributed by atoms with Crippen LogP contribution in [0.15, 0.2) is 18.2 Å². The van der Waals surface area contributed by atoms with Crippen LogP contribution in [0.4, 0.5) is 16.2 Å². The highest BCUT2D eigenvalue weighted by Crippen LogP contribution is 2.28. The summed E-state index contributed by atoms with van der Waals surface area (Å²) in [5.74, 6) is 0.304. The highest BCUT2D eigenvalue weighted by molar-refractivity contribution is 5.93. The van der Waals surface area contributed by atoms with Crippen molar-refractivity contribution in [1.82, 2.24) is 4.90 Å². The minimum atomic E-state index is -0.184. The summed E-state index contributed by atoms with van der Waals surface area (Å²) in [4.78, 5) is 25.3. The predicted octanol–water partition coefficient (Wildman–Crippen LogP) is 2.29. The molecule has 126 valence electrons. The van der Waals surface area contributed by atoms with Gasteiger partial charge >= 0.3 is 6.03 Å². The Morgan fingerprint density at radius 3 is 2.43 bits per heavy atom. The second kappa shape index (κ2) is 7.32.